The van der Waals surface area contributed by atoms with Crippen molar-refractivity contribution in [1.82, 2.24) is 19.7 Å². The highest BCUT2D eigenvalue weighted by atomic mass is 32.2. The number of aromatic nitrogens is 4. The highest BCUT2D eigenvalue weighted by Gasteiger charge is 2.14. The first-order valence-corrected chi connectivity index (χ1v) is 11.8. The van der Waals surface area contributed by atoms with Crippen molar-refractivity contribution in [3.63, 3.8) is 0 Å². The Balaban J connectivity index is 1.36. The Morgan fingerprint density at radius 3 is 2.52 bits per heavy atom. The average Bonchev–Trinajstić information content (AvgIpc) is 3.39. The van der Waals surface area contributed by atoms with Gasteiger partial charge in [0, 0.05) is 23.6 Å². The standard InChI is InChI=1S/C23H23N5OS2/c1-15(2)16-9-11-18(12-10-16)21-26-27-23(28(21)3)31-14-20(29)25-22-24-19(13-30-22)17-7-5-4-6-8-17/h4-13,15H,14H2,1-3H3,(H,24,25,29). The molecule has 1 N–H and O–H groups in total. The zero-order valence-corrected chi connectivity index (χ0v) is 19.2. The van der Waals surface area contributed by atoms with E-state index in [1.165, 1.54) is 28.7 Å². The van der Waals surface area contributed by atoms with Crippen molar-refractivity contribution >= 4 is 34.1 Å². The Bertz CT molecular complexity index is 1170. The number of hydrogen-bond donors (Lipinski definition) is 1. The second-order valence-electron chi connectivity index (χ2n) is 7.38. The molecule has 0 saturated carbocycles. The molecule has 2 aromatic heterocycles. The first kappa shape index (κ1) is 21.3. The van der Waals surface area contributed by atoms with E-state index < -0.39 is 0 Å². The van der Waals surface area contributed by atoms with E-state index in [4.69, 9.17) is 0 Å². The lowest BCUT2D eigenvalue weighted by Crippen LogP contribution is -2.14. The molecule has 0 unspecified atom stereocenters. The normalized spacial score (nSPS) is 11.1. The molecule has 0 atom stereocenters. The van der Waals surface area contributed by atoms with Gasteiger partial charge in [0.2, 0.25) is 5.91 Å². The molecule has 0 aliphatic heterocycles. The zero-order chi connectivity index (χ0) is 21.8. The summed E-state index contributed by atoms with van der Waals surface area (Å²) in [4.78, 5) is 16.9. The molecule has 2 aromatic carbocycles. The van der Waals surface area contributed by atoms with Crippen molar-refractivity contribution in [2.75, 3.05) is 11.1 Å². The molecule has 6 nitrogen and oxygen atoms in total. The number of thioether (sulfide) groups is 1. The number of anilines is 1. The van der Waals surface area contributed by atoms with Crippen molar-refractivity contribution in [1.29, 1.82) is 0 Å². The zero-order valence-electron chi connectivity index (χ0n) is 17.6. The molecule has 0 aliphatic rings. The van der Waals surface area contributed by atoms with E-state index in [9.17, 15) is 4.79 Å². The molecule has 158 valence electrons. The second kappa shape index (κ2) is 9.45. The van der Waals surface area contributed by atoms with Crippen molar-refractivity contribution in [3.05, 3.63) is 65.5 Å². The summed E-state index contributed by atoms with van der Waals surface area (Å²) >= 11 is 2.77. The number of carbonyl (C=O) groups excluding carboxylic acids is 1. The minimum absolute atomic E-state index is 0.121. The molecule has 0 saturated heterocycles. The predicted molar refractivity (Wildman–Crippen MR) is 127 cm³/mol. The summed E-state index contributed by atoms with van der Waals surface area (Å²) in [5.41, 5.74) is 4.18. The lowest BCUT2D eigenvalue weighted by molar-refractivity contribution is -0.113. The van der Waals surface area contributed by atoms with E-state index in [-0.39, 0.29) is 11.7 Å². The molecule has 1 amide bonds. The van der Waals surface area contributed by atoms with E-state index in [1.807, 2.05) is 47.3 Å². The smallest absolute Gasteiger partial charge is 0.236 e. The summed E-state index contributed by atoms with van der Waals surface area (Å²) in [5, 5.41) is 14.7. The van der Waals surface area contributed by atoms with Gasteiger partial charge in [-0.25, -0.2) is 4.98 Å². The maximum Gasteiger partial charge on any atom is 0.236 e. The van der Waals surface area contributed by atoms with Crippen molar-refractivity contribution in [2.45, 2.75) is 24.9 Å². The molecule has 8 heteroatoms. The number of benzene rings is 2. The fourth-order valence-corrected chi connectivity index (χ4v) is 4.51. The molecule has 4 aromatic rings. The van der Waals surface area contributed by atoms with Crippen LogP contribution in [0.4, 0.5) is 5.13 Å². The van der Waals surface area contributed by atoms with Gasteiger partial charge in [-0.1, -0.05) is 80.2 Å². The number of nitrogens with zero attached hydrogens (tertiary/aromatic N) is 4. The Morgan fingerprint density at radius 2 is 1.81 bits per heavy atom. The topological polar surface area (TPSA) is 72.7 Å². The number of rotatable bonds is 7. The molecule has 0 radical (unpaired) electrons. The third kappa shape index (κ3) is 5.03. The fraction of sp³-hybridized carbons (Fsp3) is 0.217. The molecule has 31 heavy (non-hydrogen) atoms. The van der Waals surface area contributed by atoms with Crippen molar-refractivity contribution in [2.24, 2.45) is 7.05 Å². The Labute approximate surface area is 189 Å². The van der Waals surface area contributed by atoms with E-state index in [0.29, 0.717) is 16.2 Å². The van der Waals surface area contributed by atoms with Crippen molar-refractivity contribution in [3.8, 4) is 22.6 Å². The summed E-state index contributed by atoms with van der Waals surface area (Å²) < 4.78 is 1.92. The molecule has 0 fully saturated rings. The summed E-state index contributed by atoms with van der Waals surface area (Å²) in [6, 6.07) is 18.3. The highest BCUT2D eigenvalue weighted by Crippen LogP contribution is 2.26. The van der Waals surface area contributed by atoms with E-state index >= 15 is 0 Å². The van der Waals surface area contributed by atoms with Gasteiger partial charge in [-0.05, 0) is 11.5 Å². The van der Waals surface area contributed by atoms with Gasteiger partial charge in [0.15, 0.2) is 16.1 Å². The van der Waals surface area contributed by atoms with Gasteiger partial charge in [-0.15, -0.1) is 21.5 Å². The predicted octanol–water partition coefficient (Wildman–Crippen LogP) is 5.46. The van der Waals surface area contributed by atoms with Gasteiger partial charge in [-0.3, -0.25) is 4.79 Å². The van der Waals surface area contributed by atoms with Crippen LogP contribution < -0.4 is 5.32 Å². The minimum atomic E-state index is -0.121. The van der Waals surface area contributed by atoms with Crippen LogP contribution >= 0.6 is 23.1 Å². The molecule has 2 heterocycles. The number of thiazole rings is 1. The van der Waals surface area contributed by atoms with Crippen LogP contribution in [-0.2, 0) is 11.8 Å². The summed E-state index contributed by atoms with van der Waals surface area (Å²) in [5.74, 6) is 1.38. The first-order chi connectivity index (χ1) is 15.0. The average molecular weight is 450 g/mol. The first-order valence-electron chi connectivity index (χ1n) is 9.94. The molecule has 0 aliphatic carbocycles. The Hall–Kier alpha value is -2.97. The van der Waals surface area contributed by atoms with E-state index in [1.54, 1.807) is 0 Å². The fourth-order valence-electron chi connectivity index (χ4n) is 3.07. The van der Waals surface area contributed by atoms with Crippen LogP contribution in [0.25, 0.3) is 22.6 Å². The van der Waals surface area contributed by atoms with Gasteiger partial charge >= 0.3 is 0 Å². The second-order valence-corrected chi connectivity index (χ2v) is 9.18. The third-order valence-corrected chi connectivity index (χ3v) is 6.60. The maximum atomic E-state index is 12.4. The molecular weight excluding hydrogens is 426 g/mol. The van der Waals surface area contributed by atoms with Crippen LogP contribution in [0.3, 0.4) is 0 Å². The van der Waals surface area contributed by atoms with Gasteiger partial charge in [0.05, 0.1) is 11.4 Å². The Kier molecular flexibility index (Phi) is 6.48. The van der Waals surface area contributed by atoms with E-state index in [0.717, 1.165) is 22.6 Å². The number of nitrogens with one attached hydrogen (secondary N) is 1. The number of carbonyl (C=O) groups is 1. The molecule has 0 bridgehead atoms. The largest absolute Gasteiger partial charge is 0.305 e. The van der Waals surface area contributed by atoms with Crippen LogP contribution in [0, 0.1) is 0 Å². The van der Waals surface area contributed by atoms with Gasteiger partial charge in [-0.2, -0.15) is 0 Å². The lowest BCUT2D eigenvalue weighted by atomic mass is 10.0. The van der Waals surface area contributed by atoms with Gasteiger partial charge in [0.1, 0.15) is 0 Å². The summed E-state index contributed by atoms with van der Waals surface area (Å²) in [6.07, 6.45) is 0. The van der Waals surface area contributed by atoms with Crippen LogP contribution in [0.1, 0.15) is 25.3 Å². The van der Waals surface area contributed by atoms with Crippen LogP contribution in [0.2, 0.25) is 0 Å². The van der Waals surface area contributed by atoms with E-state index in [2.05, 4.69) is 58.6 Å². The monoisotopic (exact) mass is 449 g/mol. The number of hydrogen-bond acceptors (Lipinski definition) is 6. The van der Waals surface area contributed by atoms with Crippen LogP contribution in [0.5, 0.6) is 0 Å². The Morgan fingerprint density at radius 1 is 1.06 bits per heavy atom. The SMILES string of the molecule is CC(C)c1ccc(-c2nnc(SCC(=O)Nc3nc(-c4ccccc4)cs3)n2C)cc1. The van der Waals surface area contributed by atoms with Gasteiger partial charge in [0.25, 0.3) is 0 Å². The van der Waals surface area contributed by atoms with Crippen LogP contribution in [-0.4, -0.2) is 31.4 Å². The summed E-state index contributed by atoms with van der Waals surface area (Å²) in [6.45, 7) is 4.34. The highest BCUT2D eigenvalue weighted by molar-refractivity contribution is 7.99. The summed E-state index contributed by atoms with van der Waals surface area (Å²) in [7, 11) is 1.92. The number of amides is 1. The minimum Gasteiger partial charge on any atom is -0.305 e. The molecular formula is C23H23N5OS2. The third-order valence-electron chi connectivity index (χ3n) is 4.82. The maximum absolute atomic E-state index is 12.4. The quantitative estimate of drug-likeness (QED) is 0.379. The molecule has 0 spiro atoms. The van der Waals surface area contributed by atoms with Crippen molar-refractivity contribution < 1.29 is 4.79 Å². The van der Waals surface area contributed by atoms with Gasteiger partial charge < -0.3 is 9.88 Å². The van der Waals surface area contributed by atoms with Crippen LogP contribution in [0.15, 0.2) is 65.1 Å². The molecule has 4 rings (SSSR count). The lowest BCUT2D eigenvalue weighted by Gasteiger charge is -2.07.